The van der Waals surface area contributed by atoms with E-state index in [2.05, 4.69) is 27.4 Å². The molecule has 0 spiro atoms. The van der Waals surface area contributed by atoms with Gasteiger partial charge in [0, 0.05) is 18.8 Å². The smallest absolute Gasteiger partial charge is 0.275 e. The van der Waals surface area contributed by atoms with Gasteiger partial charge in [0.25, 0.3) is 5.91 Å². The second-order valence-corrected chi connectivity index (χ2v) is 3.87. The van der Waals surface area contributed by atoms with E-state index in [1.807, 2.05) is 6.07 Å². The van der Waals surface area contributed by atoms with Gasteiger partial charge in [0.05, 0.1) is 12.5 Å². The Hall–Kier alpha value is -2.11. The van der Waals surface area contributed by atoms with Gasteiger partial charge in [-0.1, -0.05) is 13.3 Å². The average molecular weight is 233 g/mol. The minimum Gasteiger partial charge on any atom is -0.330 e. The van der Waals surface area contributed by atoms with Gasteiger partial charge in [-0.25, -0.2) is 4.98 Å². The summed E-state index contributed by atoms with van der Waals surface area (Å²) in [5.41, 5.74) is 1.53. The van der Waals surface area contributed by atoms with Crippen LogP contribution in [0.4, 0.5) is 5.82 Å². The van der Waals surface area contributed by atoms with E-state index in [-0.39, 0.29) is 5.91 Å². The fourth-order valence-corrected chi connectivity index (χ4v) is 1.58. The van der Waals surface area contributed by atoms with E-state index in [0.717, 1.165) is 18.5 Å². The van der Waals surface area contributed by atoms with Gasteiger partial charge in [0.2, 0.25) is 0 Å². The number of hydrogen-bond acceptors (Lipinski definition) is 3. The van der Waals surface area contributed by atoms with Crippen molar-refractivity contribution < 1.29 is 4.79 Å². The number of carbonyl (C=O) groups excluding carboxylic acids is 1. The lowest BCUT2D eigenvalue weighted by Gasteiger charge is -2.01. The molecule has 0 bridgehead atoms. The summed E-state index contributed by atoms with van der Waals surface area (Å²) in [6.45, 7) is 2.09. The number of nitrogens with one attached hydrogen (secondary N) is 2. The predicted molar refractivity (Wildman–Crippen MR) is 63.7 cm³/mol. The van der Waals surface area contributed by atoms with Crippen LogP contribution in [-0.2, 0) is 13.5 Å². The standard InChI is InChI=1S/C11H15N5O/c1-3-4-8-5-10(15-14-8)13-11(17)9-6-12-7-16(9)2/h5-7H,3-4H2,1-2H3,(H2,13,14,15,17). The number of amides is 1. The van der Waals surface area contributed by atoms with Crippen molar-refractivity contribution in [2.75, 3.05) is 5.32 Å². The first-order chi connectivity index (χ1) is 8.20. The molecule has 1 amide bonds. The van der Waals surface area contributed by atoms with Gasteiger partial charge in [0.1, 0.15) is 5.69 Å². The Morgan fingerprint density at radius 3 is 3.06 bits per heavy atom. The molecule has 90 valence electrons. The van der Waals surface area contributed by atoms with E-state index >= 15 is 0 Å². The molecular weight excluding hydrogens is 218 g/mol. The molecule has 0 unspecified atom stereocenters. The summed E-state index contributed by atoms with van der Waals surface area (Å²) < 4.78 is 1.66. The molecule has 2 heterocycles. The first-order valence-electron chi connectivity index (χ1n) is 5.52. The lowest BCUT2D eigenvalue weighted by Crippen LogP contribution is -2.15. The molecule has 0 aliphatic carbocycles. The van der Waals surface area contributed by atoms with E-state index in [9.17, 15) is 4.79 Å². The lowest BCUT2D eigenvalue weighted by molar-refractivity contribution is 0.101. The number of nitrogens with zero attached hydrogens (tertiary/aromatic N) is 3. The molecule has 0 aliphatic heterocycles. The van der Waals surface area contributed by atoms with Crippen LogP contribution in [0.3, 0.4) is 0 Å². The molecule has 17 heavy (non-hydrogen) atoms. The maximum atomic E-state index is 11.8. The average Bonchev–Trinajstić information content (AvgIpc) is 2.88. The number of hydrogen-bond donors (Lipinski definition) is 2. The first-order valence-corrected chi connectivity index (χ1v) is 5.52. The van der Waals surface area contributed by atoms with Crippen molar-refractivity contribution in [3.63, 3.8) is 0 Å². The van der Waals surface area contributed by atoms with Crippen LogP contribution in [0.25, 0.3) is 0 Å². The molecule has 0 saturated carbocycles. The van der Waals surface area contributed by atoms with Gasteiger partial charge in [-0.2, -0.15) is 5.10 Å². The number of carbonyl (C=O) groups is 1. The Labute approximate surface area is 99.1 Å². The highest BCUT2D eigenvalue weighted by Crippen LogP contribution is 2.09. The first kappa shape index (κ1) is 11.4. The minimum absolute atomic E-state index is 0.209. The van der Waals surface area contributed by atoms with E-state index in [4.69, 9.17) is 0 Å². The van der Waals surface area contributed by atoms with Crippen LogP contribution in [0.2, 0.25) is 0 Å². The zero-order valence-corrected chi connectivity index (χ0v) is 9.90. The van der Waals surface area contributed by atoms with Crippen molar-refractivity contribution in [1.82, 2.24) is 19.7 Å². The fourth-order valence-electron chi connectivity index (χ4n) is 1.58. The summed E-state index contributed by atoms with van der Waals surface area (Å²) in [4.78, 5) is 15.7. The number of aryl methyl sites for hydroxylation is 2. The lowest BCUT2D eigenvalue weighted by atomic mass is 10.2. The van der Waals surface area contributed by atoms with Gasteiger partial charge in [-0.05, 0) is 6.42 Å². The van der Waals surface area contributed by atoms with Crippen LogP contribution >= 0.6 is 0 Å². The quantitative estimate of drug-likeness (QED) is 0.836. The van der Waals surface area contributed by atoms with Gasteiger partial charge in [-0.3, -0.25) is 9.89 Å². The van der Waals surface area contributed by atoms with E-state index in [1.54, 1.807) is 17.9 Å². The number of aromatic nitrogens is 4. The maximum Gasteiger partial charge on any atom is 0.275 e. The molecule has 6 heteroatoms. The third-order valence-corrected chi connectivity index (χ3v) is 2.44. The summed E-state index contributed by atoms with van der Waals surface area (Å²) in [5.74, 6) is 0.333. The van der Waals surface area contributed by atoms with Gasteiger partial charge in [-0.15, -0.1) is 0 Å². The van der Waals surface area contributed by atoms with Crippen LogP contribution in [-0.4, -0.2) is 25.7 Å². The van der Waals surface area contributed by atoms with Crippen LogP contribution in [0.1, 0.15) is 29.5 Å². The summed E-state index contributed by atoms with van der Waals surface area (Å²) in [5, 5.41) is 9.63. The van der Waals surface area contributed by atoms with Crippen LogP contribution in [0.15, 0.2) is 18.6 Å². The summed E-state index contributed by atoms with van der Waals surface area (Å²) in [6, 6.07) is 1.85. The molecule has 0 saturated heterocycles. The summed E-state index contributed by atoms with van der Waals surface area (Å²) >= 11 is 0. The molecule has 0 aromatic carbocycles. The Bertz CT molecular complexity index is 513. The highest BCUT2D eigenvalue weighted by atomic mass is 16.2. The number of imidazole rings is 1. The fraction of sp³-hybridized carbons (Fsp3) is 0.364. The zero-order chi connectivity index (χ0) is 12.3. The topological polar surface area (TPSA) is 75.6 Å². The zero-order valence-electron chi connectivity index (χ0n) is 9.90. The number of H-pyrrole nitrogens is 1. The van der Waals surface area contributed by atoms with Gasteiger partial charge < -0.3 is 9.88 Å². The molecule has 0 aliphatic rings. The Morgan fingerprint density at radius 2 is 2.41 bits per heavy atom. The second kappa shape index (κ2) is 4.82. The molecule has 6 nitrogen and oxygen atoms in total. The maximum absolute atomic E-state index is 11.8. The van der Waals surface area contributed by atoms with Crippen LogP contribution < -0.4 is 5.32 Å². The van der Waals surface area contributed by atoms with Crippen LogP contribution in [0, 0.1) is 0 Å². The normalized spacial score (nSPS) is 10.5. The largest absolute Gasteiger partial charge is 0.330 e. The number of rotatable bonds is 4. The van der Waals surface area contributed by atoms with Crippen molar-refractivity contribution in [1.29, 1.82) is 0 Å². The molecule has 2 N–H and O–H groups in total. The van der Waals surface area contributed by atoms with Crippen molar-refractivity contribution in [2.24, 2.45) is 7.05 Å². The molecule has 0 radical (unpaired) electrons. The molecular formula is C11H15N5O. The van der Waals surface area contributed by atoms with E-state index in [1.165, 1.54) is 6.20 Å². The Balaban J connectivity index is 2.05. The molecule has 2 aromatic heterocycles. The predicted octanol–water partition coefficient (Wildman–Crippen LogP) is 1.35. The highest BCUT2D eigenvalue weighted by molar-refractivity contribution is 6.02. The van der Waals surface area contributed by atoms with Crippen molar-refractivity contribution in [3.8, 4) is 0 Å². The Kier molecular flexibility index (Phi) is 3.22. The summed E-state index contributed by atoms with van der Waals surface area (Å²) in [6.07, 6.45) is 5.07. The van der Waals surface area contributed by atoms with Gasteiger partial charge >= 0.3 is 0 Å². The second-order valence-electron chi connectivity index (χ2n) is 3.87. The summed E-state index contributed by atoms with van der Waals surface area (Å²) in [7, 11) is 1.77. The minimum atomic E-state index is -0.209. The van der Waals surface area contributed by atoms with Gasteiger partial charge in [0.15, 0.2) is 5.82 Å². The van der Waals surface area contributed by atoms with Crippen molar-refractivity contribution in [3.05, 3.63) is 30.0 Å². The monoisotopic (exact) mass is 233 g/mol. The van der Waals surface area contributed by atoms with Crippen molar-refractivity contribution >= 4 is 11.7 Å². The van der Waals surface area contributed by atoms with Crippen molar-refractivity contribution in [2.45, 2.75) is 19.8 Å². The van der Waals surface area contributed by atoms with Crippen LogP contribution in [0.5, 0.6) is 0 Å². The Morgan fingerprint density at radius 1 is 1.59 bits per heavy atom. The number of aromatic amines is 1. The number of anilines is 1. The third kappa shape index (κ3) is 2.52. The molecule has 2 aromatic rings. The SMILES string of the molecule is CCCc1cc(NC(=O)c2cncn2C)n[nH]1. The third-order valence-electron chi connectivity index (χ3n) is 2.44. The molecule has 2 rings (SSSR count). The highest BCUT2D eigenvalue weighted by Gasteiger charge is 2.11. The van der Waals surface area contributed by atoms with E-state index < -0.39 is 0 Å². The van der Waals surface area contributed by atoms with E-state index in [0.29, 0.717) is 11.5 Å². The molecule has 0 atom stereocenters. The molecule has 0 fully saturated rings.